The van der Waals surface area contributed by atoms with E-state index in [1.165, 1.54) is 43.1 Å². The highest BCUT2D eigenvalue weighted by atomic mass is 35.5. The number of alkyl halides is 3. The molecule has 0 bridgehead atoms. The summed E-state index contributed by atoms with van der Waals surface area (Å²) < 4.78 is 61.9. The van der Waals surface area contributed by atoms with Crippen molar-refractivity contribution >= 4 is 50.8 Å². The molecule has 1 aromatic heterocycles. The largest absolute Gasteiger partial charge is 0.501 e. The fourth-order valence-corrected chi connectivity index (χ4v) is 4.74. The summed E-state index contributed by atoms with van der Waals surface area (Å²) in [5, 5.41) is 3.11. The van der Waals surface area contributed by atoms with Gasteiger partial charge in [-0.15, -0.1) is 0 Å². The van der Waals surface area contributed by atoms with Gasteiger partial charge in [-0.3, -0.25) is 9.59 Å². The number of imide groups is 1. The maximum Gasteiger partial charge on any atom is 0.501 e. The van der Waals surface area contributed by atoms with Crippen LogP contribution in [-0.4, -0.2) is 47.2 Å². The predicted octanol–water partition coefficient (Wildman–Crippen LogP) is 5.03. The molecule has 3 aromatic rings. The third-order valence-electron chi connectivity index (χ3n) is 6.05. The summed E-state index contributed by atoms with van der Waals surface area (Å²) in [5.74, 6) is -0.906. The third-order valence-corrected chi connectivity index (χ3v) is 7.80. The molecule has 0 radical (unpaired) electrons. The van der Waals surface area contributed by atoms with Crippen LogP contribution in [0.5, 0.6) is 0 Å². The first-order valence-corrected chi connectivity index (χ1v) is 13.1. The smallest absolute Gasteiger partial charge is 0.307 e. The summed E-state index contributed by atoms with van der Waals surface area (Å²) in [6.45, 7) is 2.93. The molecule has 2 aromatic carbocycles. The highest BCUT2D eigenvalue weighted by molar-refractivity contribution is 7.92. The number of urea groups is 1. The van der Waals surface area contributed by atoms with Crippen molar-refractivity contribution in [3.8, 4) is 0 Å². The number of benzene rings is 2. The Balaban J connectivity index is 1.55. The lowest BCUT2D eigenvalue weighted by atomic mass is 10.0. The van der Waals surface area contributed by atoms with Crippen LogP contribution in [0.1, 0.15) is 29.8 Å². The van der Waals surface area contributed by atoms with E-state index in [2.05, 4.69) is 10.3 Å². The Hall–Kier alpha value is -3.97. The van der Waals surface area contributed by atoms with E-state index in [0.717, 1.165) is 17.0 Å². The van der Waals surface area contributed by atoms with Gasteiger partial charge in [0, 0.05) is 23.3 Å². The molecule has 4 rings (SSSR count). The van der Waals surface area contributed by atoms with Crippen molar-refractivity contribution in [3.63, 3.8) is 0 Å². The fraction of sp³-hybridized carbons (Fsp3) is 0.200. The number of carbonyl (C=O) groups is 3. The molecule has 2 heterocycles. The van der Waals surface area contributed by atoms with Gasteiger partial charge >= 0.3 is 11.5 Å². The molecule has 0 spiro atoms. The van der Waals surface area contributed by atoms with Gasteiger partial charge in [-0.25, -0.2) is 23.1 Å². The number of sulfone groups is 1. The Labute approximate surface area is 226 Å². The number of halogens is 4. The summed E-state index contributed by atoms with van der Waals surface area (Å²) in [5.41, 5.74) is -6.07. The second kappa shape index (κ2) is 9.97. The molecule has 14 heteroatoms. The highest BCUT2D eigenvalue weighted by Crippen LogP contribution is 2.35. The molecule has 204 valence electrons. The zero-order chi connectivity index (χ0) is 28.8. The quantitative estimate of drug-likeness (QED) is 0.409. The van der Waals surface area contributed by atoms with Crippen LogP contribution in [0.3, 0.4) is 0 Å². The number of aromatic nitrogens is 1. The third kappa shape index (κ3) is 5.32. The first-order valence-electron chi connectivity index (χ1n) is 11.2. The molecule has 0 aliphatic carbocycles. The minimum absolute atomic E-state index is 0.0685. The Morgan fingerprint density at radius 2 is 1.64 bits per heavy atom. The Morgan fingerprint density at radius 1 is 1.03 bits per heavy atom. The first-order chi connectivity index (χ1) is 18.1. The van der Waals surface area contributed by atoms with Gasteiger partial charge in [0.15, 0.2) is 0 Å². The molecule has 1 aliphatic rings. The summed E-state index contributed by atoms with van der Waals surface area (Å²) in [7, 11) is -5.59. The molecule has 0 saturated carbocycles. The van der Waals surface area contributed by atoms with Crippen LogP contribution in [0.15, 0.2) is 71.8 Å². The number of rotatable bonds is 6. The fourth-order valence-electron chi connectivity index (χ4n) is 3.85. The molecular weight excluding hydrogens is 561 g/mol. The van der Waals surface area contributed by atoms with Crippen LogP contribution in [0.25, 0.3) is 0 Å². The average molecular weight is 581 g/mol. The number of hydrogen-bond donors (Lipinski definition) is 1. The van der Waals surface area contributed by atoms with E-state index in [1.807, 2.05) is 0 Å². The van der Waals surface area contributed by atoms with E-state index < -0.39 is 43.6 Å². The first kappa shape index (κ1) is 28.0. The van der Waals surface area contributed by atoms with Gasteiger partial charge in [0.05, 0.1) is 10.6 Å². The number of carbonyl (C=O) groups excluding carboxylic acids is 3. The van der Waals surface area contributed by atoms with Crippen LogP contribution < -0.4 is 10.2 Å². The van der Waals surface area contributed by atoms with E-state index in [4.69, 9.17) is 11.6 Å². The van der Waals surface area contributed by atoms with Crippen LogP contribution >= 0.6 is 11.6 Å². The Bertz CT molecular complexity index is 1560. The number of hydrogen-bond acceptors (Lipinski definition) is 6. The van der Waals surface area contributed by atoms with Gasteiger partial charge in [0.2, 0.25) is 0 Å². The summed E-state index contributed by atoms with van der Waals surface area (Å²) in [6, 6.07) is 11.9. The zero-order valence-corrected chi connectivity index (χ0v) is 21.9. The van der Waals surface area contributed by atoms with Crippen molar-refractivity contribution in [2.75, 3.05) is 10.2 Å². The lowest BCUT2D eigenvalue weighted by Gasteiger charge is -2.27. The average Bonchev–Trinajstić information content (AvgIpc) is 3.03. The monoisotopic (exact) mass is 580 g/mol. The van der Waals surface area contributed by atoms with Crippen LogP contribution in [0.4, 0.5) is 29.5 Å². The van der Waals surface area contributed by atoms with Gasteiger partial charge in [-0.1, -0.05) is 11.6 Å². The van der Waals surface area contributed by atoms with Crippen molar-refractivity contribution in [1.29, 1.82) is 0 Å². The molecule has 9 nitrogen and oxygen atoms in total. The lowest BCUT2D eigenvalue weighted by molar-refractivity contribution is -0.123. The number of pyridine rings is 1. The Kier molecular flexibility index (Phi) is 7.17. The lowest BCUT2D eigenvalue weighted by Crippen LogP contribution is -2.43. The molecule has 1 aliphatic heterocycles. The molecule has 1 fully saturated rings. The standard InChI is InChI=1S/C25H20ClF3N4O5S/c1-24(2)22(35)33(18-7-9-19(10-8-18)39(37,38)25(27,28)29)23(36)32(24)14-15-11-12-30-20(13-15)31-21(34)16-3-5-17(26)6-4-16/h3-13H,14H2,1-2H3,(H,30,31,34). The summed E-state index contributed by atoms with van der Waals surface area (Å²) in [4.78, 5) is 44.1. The van der Waals surface area contributed by atoms with Gasteiger partial charge < -0.3 is 10.2 Å². The molecule has 0 unspecified atom stereocenters. The van der Waals surface area contributed by atoms with E-state index in [1.54, 1.807) is 18.2 Å². The maximum atomic E-state index is 13.3. The van der Waals surface area contributed by atoms with Gasteiger partial charge in [0.25, 0.3) is 21.7 Å². The van der Waals surface area contributed by atoms with Crippen LogP contribution in [-0.2, 0) is 21.2 Å². The van der Waals surface area contributed by atoms with Gasteiger partial charge in [-0.05, 0) is 80.1 Å². The SMILES string of the molecule is CC1(C)C(=O)N(c2ccc(S(=O)(=O)C(F)(F)F)cc2)C(=O)N1Cc1ccnc(NC(=O)c2ccc(Cl)cc2)c1. The highest BCUT2D eigenvalue weighted by Gasteiger charge is 2.52. The molecule has 1 N–H and O–H groups in total. The summed E-state index contributed by atoms with van der Waals surface area (Å²) >= 11 is 5.85. The minimum atomic E-state index is -5.59. The second-order valence-corrected chi connectivity index (χ2v) is 11.4. The van der Waals surface area contributed by atoms with E-state index >= 15 is 0 Å². The van der Waals surface area contributed by atoms with Crippen molar-refractivity contribution in [2.45, 2.75) is 36.3 Å². The van der Waals surface area contributed by atoms with Gasteiger partial charge in [-0.2, -0.15) is 13.2 Å². The normalized spacial score (nSPS) is 15.5. The van der Waals surface area contributed by atoms with E-state index in [-0.39, 0.29) is 18.1 Å². The molecule has 0 atom stereocenters. The molecular formula is C25H20ClF3N4O5S. The Morgan fingerprint density at radius 3 is 2.23 bits per heavy atom. The van der Waals surface area contributed by atoms with Crippen LogP contribution in [0.2, 0.25) is 5.02 Å². The van der Waals surface area contributed by atoms with Gasteiger partial charge in [0.1, 0.15) is 11.4 Å². The van der Waals surface area contributed by atoms with E-state index in [0.29, 0.717) is 28.3 Å². The molecule has 4 amide bonds. The van der Waals surface area contributed by atoms with Crippen molar-refractivity contribution in [1.82, 2.24) is 9.88 Å². The van der Waals surface area contributed by atoms with Crippen molar-refractivity contribution < 1.29 is 36.0 Å². The van der Waals surface area contributed by atoms with Crippen molar-refractivity contribution in [2.24, 2.45) is 0 Å². The topological polar surface area (TPSA) is 117 Å². The number of amides is 4. The number of anilines is 2. The van der Waals surface area contributed by atoms with E-state index in [9.17, 15) is 36.0 Å². The number of nitrogens with zero attached hydrogens (tertiary/aromatic N) is 3. The zero-order valence-electron chi connectivity index (χ0n) is 20.4. The minimum Gasteiger partial charge on any atom is -0.307 e. The maximum absolute atomic E-state index is 13.3. The summed E-state index contributed by atoms with van der Waals surface area (Å²) in [6.07, 6.45) is 1.42. The predicted molar refractivity (Wildman–Crippen MR) is 136 cm³/mol. The number of nitrogens with one attached hydrogen (secondary N) is 1. The molecule has 1 saturated heterocycles. The van der Waals surface area contributed by atoms with Crippen molar-refractivity contribution in [3.05, 3.63) is 83.0 Å². The molecule has 39 heavy (non-hydrogen) atoms. The second-order valence-electron chi connectivity index (χ2n) is 9.02. The van der Waals surface area contributed by atoms with Crippen LogP contribution in [0, 0.1) is 0 Å².